The maximum absolute atomic E-state index is 13.1. The average molecular weight is 307 g/mol. The van der Waals surface area contributed by atoms with E-state index in [2.05, 4.69) is 5.32 Å². The van der Waals surface area contributed by atoms with Crippen molar-refractivity contribution in [1.29, 1.82) is 0 Å². The molecule has 0 spiro atoms. The minimum absolute atomic E-state index is 0.101. The zero-order valence-corrected chi connectivity index (χ0v) is 12.5. The number of halogens is 2. The van der Waals surface area contributed by atoms with Gasteiger partial charge in [-0.2, -0.15) is 0 Å². The molecule has 0 radical (unpaired) electrons. The molecule has 2 aromatic rings. The second kappa shape index (κ2) is 6.14. The Bertz CT molecular complexity index is 688. The lowest BCUT2D eigenvalue weighted by Crippen LogP contribution is -2.12. The van der Waals surface area contributed by atoms with Gasteiger partial charge in [-0.3, -0.25) is 4.79 Å². The van der Waals surface area contributed by atoms with Crippen LogP contribution in [0.4, 0.5) is 10.1 Å². The lowest BCUT2D eigenvalue weighted by molar-refractivity contribution is 0.1000. The molecule has 1 atom stereocenters. The lowest BCUT2D eigenvalue weighted by atomic mass is 10.1. The molecule has 0 bridgehead atoms. The van der Waals surface area contributed by atoms with E-state index in [0.29, 0.717) is 10.6 Å². The predicted molar refractivity (Wildman–Crippen MR) is 83.1 cm³/mol. The van der Waals surface area contributed by atoms with Crippen molar-refractivity contribution in [3.8, 4) is 0 Å². The van der Waals surface area contributed by atoms with Crippen LogP contribution in [0, 0.1) is 12.7 Å². The molecule has 3 nitrogen and oxygen atoms in total. The summed E-state index contributed by atoms with van der Waals surface area (Å²) in [5.74, 6) is -0.822. The first-order valence-corrected chi connectivity index (χ1v) is 6.88. The fourth-order valence-corrected chi connectivity index (χ4v) is 2.47. The van der Waals surface area contributed by atoms with E-state index in [1.54, 1.807) is 24.3 Å². The largest absolute Gasteiger partial charge is 0.378 e. The molecule has 21 heavy (non-hydrogen) atoms. The minimum Gasteiger partial charge on any atom is -0.378 e. The maximum atomic E-state index is 13.1. The second-order valence-corrected chi connectivity index (χ2v) is 5.33. The molecule has 0 heterocycles. The molecule has 110 valence electrons. The summed E-state index contributed by atoms with van der Waals surface area (Å²) in [6, 6.07) is 9.41. The van der Waals surface area contributed by atoms with Crippen LogP contribution in [0.5, 0.6) is 0 Å². The van der Waals surface area contributed by atoms with E-state index < -0.39 is 5.91 Å². The molecule has 0 fully saturated rings. The van der Waals surface area contributed by atoms with E-state index in [0.717, 1.165) is 16.8 Å². The summed E-state index contributed by atoms with van der Waals surface area (Å²) in [4.78, 5) is 11.1. The van der Waals surface area contributed by atoms with Gasteiger partial charge in [-0.25, -0.2) is 4.39 Å². The number of primary amides is 1. The number of aryl methyl sites for hydroxylation is 1. The molecular weight excluding hydrogens is 291 g/mol. The highest BCUT2D eigenvalue weighted by Gasteiger charge is 2.12. The highest BCUT2D eigenvalue weighted by Crippen LogP contribution is 2.28. The number of hydrogen-bond donors (Lipinski definition) is 2. The predicted octanol–water partition coefficient (Wildman–Crippen LogP) is 4.06. The number of carbonyl (C=O) groups is 1. The summed E-state index contributed by atoms with van der Waals surface area (Å²) >= 11 is 6.06. The van der Waals surface area contributed by atoms with Crippen molar-refractivity contribution in [2.75, 3.05) is 5.32 Å². The molecule has 3 N–H and O–H groups in total. The summed E-state index contributed by atoms with van der Waals surface area (Å²) in [5, 5.41) is 3.67. The first kappa shape index (κ1) is 15.3. The molecule has 2 aromatic carbocycles. The molecule has 2 rings (SSSR count). The normalized spacial score (nSPS) is 12.0. The Labute approximate surface area is 127 Å². The van der Waals surface area contributed by atoms with Gasteiger partial charge >= 0.3 is 0 Å². The Hall–Kier alpha value is -2.07. The Morgan fingerprint density at radius 2 is 2.00 bits per heavy atom. The van der Waals surface area contributed by atoms with E-state index in [1.165, 1.54) is 12.1 Å². The summed E-state index contributed by atoms with van der Waals surface area (Å²) in [6.45, 7) is 3.81. The monoisotopic (exact) mass is 306 g/mol. The molecule has 1 unspecified atom stereocenters. The number of nitrogens with one attached hydrogen (secondary N) is 1. The fourth-order valence-electron chi connectivity index (χ4n) is 2.14. The number of rotatable bonds is 4. The maximum Gasteiger partial charge on any atom is 0.248 e. The van der Waals surface area contributed by atoms with E-state index in [4.69, 9.17) is 17.3 Å². The third-order valence-electron chi connectivity index (χ3n) is 3.31. The first-order chi connectivity index (χ1) is 9.88. The topological polar surface area (TPSA) is 55.1 Å². The number of hydrogen-bond acceptors (Lipinski definition) is 2. The van der Waals surface area contributed by atoms with Crippen LogP contribution in [0.25, 0.3) is 0 Å². The van der Waals surface area contributed by atoms with Crippen LogP contribution < -0.4 is 11.1 Å². The zero-order valence-electron chi connectivity index (χ0n) is 11.8. The van der Waals surface area contributed by atoms with E-state index in [-0.39, 0.29) is 11.9 Å². The molecular formula is C16H16ClFN2O. The minimum atomic E-state index is -0.459. The smallest absolute Gasteiger partial charge is 0.248 e. The number of nitrogens with two attached hydrogens (primary N) is 1. The summed E-state index contributed by atoms with van der Waals surface area (Å²) in [6.07, 6.45) is 0. The highest BCUT2D eigenvalue weighted by molar-refractivity contribution is 6.31. The van der Waals surface area contributed by atoms with Crippen molar-refractivity contribution >= 4 is 23.2 Å². The zero-order chi connectivity index (χ0) is 15.6. The van der Waals surface area contributed by atoms with Gasteiger partial charge in [-0.05, 0) is 55.3 Å². The van der Waals surface area contributed by atoms with E-state index >= 15 is 0 Å². The quantitative estimate of drug-likeness (QED) is 0.895. The summed E-state index contributed by atoms with van der Waals surface area (Å²) < 4.78 is 13.1. The fraction of sp³-hybridized carbons (Fsp3) is 0.188. The van der Waals surface area contributed by atoms with Crippen molar-refractivity contribution in [2.24, 2.45) is 5.73 Å². The highest BCUT2D eigenvalue weighted by atomic mass is 35.5. The van der Waals surface area contributed by atoms with Gasteiger partial charge in [0.25, 0.3) is 0 Å². The summed E-state index contributed by atoms with van der Waals surface area (Å²) in [7, 11) is 0. The number of benzene rings is 2. The van der Waals surface area contributed by atoms with Crippen LogP contribution in [0.15, 0.2) is 36.4 Å². The van der Waals surface area contributed by atoms with E-state index in [9.17, 15) is 9.18 Å². The van der Waals surface area contributed by atoms with Crippen molar-refractivity contribution in [1.82, 2.24) is 0 Å². The average Bonchev–Trinajstić information content (AvgIpc) is 2.40. The van der Waals surface area contributed by atoms with Crippen LogP contribution in [-0.4, -0.2) is 5.91 Å². The molecule has 0 saturated carbocycles. The molecule has 0 aliphatic carbocycles. The van der Waals surface area contributed by atoms with Gasteiger partial charge in [-0.1, -0.05) is 17.7 Å². The Morgan fingerprint density at radius 3 is 2.57 bits per heavy atom. The molecule has 0 aliphatic heterocycles. The van der Waals surface area contributed by atoms with Crippen molar-refractivity contribution in [3.63, 3.8) is 0 Å². The number of amides is 1. The van der Waals surface area contributed by atoms with Gasteiger partial charge in [0.05, 0.1) is 6.04 Å². The van der Waals surface area contributed by atoms with E-state index in [1.807, 2.05) is 13.8 Å². The van der Waals surface area contributed by atoms with Crippen molar-refractivity contribution < 1.29 is 9.18 Å². The Balaban J connectivity index is 2.23. The van der Waals surface area contributed by atoms with Crippen LogP contribution in [0.1, 0.15) is 34.5 Å². The third kappa shape index (κ3) is 3.52. The van der Waals surface area contributed by atoms with Crippen LogP contribution in [0.3, 0.4) is 0 Å². The van der Waals surface area contributed by atoms with Crippen molar-refractivity contribution in [3.05, 3.63) is 63.9 Å². The molecule has 0 saturated heterocycles. The first-order valence-electron chi connectivity index (χ1n) is 6.50. The molecule has 0 aliphatic rings. The van der Waals surface area contributed by atoms with Gasteiger partial charge in [0.2, 0.25) is 5.91 Å². The SMILES string of the molecule is Cc1cc(C(N)=O)ccc1NC(C)c1ccc(F)cc1Cl. The Kier molecular flexibility index (Phi) is 4.48. The number of carbonyl (C=O) groups excluding carboxylic acids is 1. The van der Waals surface area contributed by atoms with Gasteiger partial charge in [-0.15, -0.1) is 0 Å². The van der Waals surface area contributed by atoms with Crippen LogP contribution in [0.2, 0.25) is 5.02 Å². The number of anilines is 1. The standard InChI is InChI=1S/C16H16ClFN2O/c1-9-7-11(16(19)21)3-6-15(9)20-10(2)13-5-4-12(18)8-14(13)17/h3-8,10,20H,1-2H3,(H2,19,21). The second-order valence-electron chi connectivity index (χ2n) is 4.93. The Morgan fingerprint density at radius 1 is 1.29 bits per heavy atom. The van der Waals surface area contributed by atoms with Gasteiger partial charge in [0, 0.05) is 16.3 Å². The summed E-state index contributed by atoms with van der Waals surface area (Å²) in [5.41, 5.74) is 8.28. The van der Waals surface area contributed by atoms with Gasteiger partial charge in [0.1, 0.15) is 5.82 Å². The van der Waals surface area contributed by atoms with Crippen molar-refractivity contribution in [2.45, 2.75) is 19.9 Å². The van der Waals surface area contributed by atoms with Gasteiger partial charge in [0.15, 0.2) is 0 Å². The lowest BCUT2D eigenvalue weighted by Gasteiger charge is -2.19. The molecule has 0 aromatic heterocycles. The molecule has 1 amide bonds. The van der Waals surface area contributed by atoms with Gasteiger partial charge < -0.3 is 11.1 Å². The van der Waals surface area contributed by atoms with Crippen LogP contribution >= 0.6 is 11.6 Å². The third-order valence-corrected chi connectivity index (χ3v) is 3.64. The molecule has 5 heteroatoms. The van der Waals surface area contributed by atoms with Crippen LogP contribution in [-0.2, 0) is 0 Å².